The van der Waals surface area contributed by atoms with E-state index in [-0.39, 0.29) is 0 Å². The fourth-order valence-corrected chi connectivity index (χ4v) is 1.10. The first-order valence-corrected chi connectivity index (χ1v) is 3.84. The van der Waals surface area contributed by atoms with Crippen molar-refractivity contribution in [1.82, 2.24) is 4.67 Å². The Balaban J connectivity index is 2.83. The molecule has 0 saturated carbocycles. The van der Waals surface area contributed by atoms with Crippen LogP contribution in [-0.2, 0) is 0 Å². The van der Waals surface area contributed by atoms with E-state index >= 15 is 0 Å². The Labute approximate surface area is 50.3 Å². The van der Waals surface area contributed by atoms with E-state index in [1.807, 2.05) is 0 Å². The highest BCUT2D eigenvalue weighted by Gasteiger charge is 1.86. The van der Waals surface area contributed by atoms with E-state index in [9.17, 15) is 0 Å². The summed E-state index contributed by atoms with van der Waals surface area (Å²) in [5.41, 5.74) is 0. The lowest BCUT2D eigenvalue weighted by Crippen LogP contribution is -2.12. The summed E-state index contributed by atoms with van der Waals surface area (Å²) in [6, 6.07) is 0. The van der Waals surface area contributed by atoms with Crippen LogP contribution in [0.4, 0.5) is 0 Å². The standard InChI is InChI=1S/C4H13NP2/c1-2-5(7)3-4-6/h2-4,6-7H2,1H3. The lowest BCUT2D eigenvalue weighted by Gasteiger charge is -2.09. The molecule has 7 heavy (non-hydrogen) atoms. The molecule has 0 rings (SSSR count). The molecule has 0 fully saturated rings. The van der Waals surface area contributed by atoms with Gasteiger partial charge in [0.05, 0.1) is 0 Å². The molecule has 44 valence electrons. The van der Waals surface area contributed by atoms with E-state index in [4.69, 9.17) is 0 Å². The van der Waals surface area contributed by atoms with Gasteiger partial charge in [0, 0.05) is 6.54 Å². The summed E-state index contributed by atoms with van der Waals surface area (Å²) >= 11 is 0. The van der Waals surface area contributed by atoms with Crippen LogP contribution in [0.25, 0.3) is 0 Å². The summed E-state index contributed by atoms with van der Waals surface area (Å²) in [6.07, 6.45) is 1.16. The van der Waals surface area contributed by atoms with Gasteiger partial charge in [-0.2, -0.15) is 0 Å². The van der Waals surface area contributed by atoms with E-state index in [1.54, 1.807) is 0 Å². The second kappa shape index (κ2) is 4.97. The smallest absolute Gasteiger partial charge is 0.00507 e. The zero-order valence-electron chi connectivity index (χ0n) is 4.72. The van der Waals surface area contributed by atoms with Gasteiger partial charge in [0.2, 0.25) is 0 Å². The molecule has 0 N–H and O–H groups in total. The average molecular weight is 137 g/mol. The first-order chi connectivity index (χ1) is 3.31. The maximum absolute atomic E-state index is 2.70. The van der Waals surface area contributed by atoms with Gasteiger partial charge in [-0.15, -0.1) is 9.24 Å². The average Bonchev–Trinajstić information content (AvgIpc) is 1.68. The van der Waals surface area contributed by atoms with Gasteiger partial charge in [-0.25, -0.2) is 0 Å². The molecule has 0 heterocycles. The van der Waals surface area contributed by atoms with Crippen molar-refractivity contribution in [1.29, 1.82) is 0 Å². The van der Waals surface area contributed by atoms with Crippen LogP contribution in [0.3, 0.4) is 0 Å². The van der Waals surface area contributed by atoms with Gasteiger partial charge in [0.1, 0.15) is 0 Å². The SMILES string of the molecule is CCN(P)CCP. The van der Waals surface area contributed by atoms with E-state index in [0.717, 1.165) is 19.3 Å². The Hall–Kier alpha value is 0.820. The maximum atomic E-state index is 2.70. The van der Waals surface area contributed by atoms with E-state index in [0.29, 0.717) is 0 Å². The van der Waals surface area contributed by atoms with Gasteiger partial charge < -0.3 is 0 Å². The third kappa shape index (κ3) is 4.68. The van der Waals surface area contributed by atoms with Crippen LogP contribution in [0.1, 0.15) is 6.92 Å². The van der Waals surface area contributed by atoms with Crippen molar-refractivity contribution in [3.05, 3.63) is 0 Å². The topological polar surface area (TPSA) is 3.24 Å². The second-order valence-electron chi connectivity index (χ2n) is 1.42. The first-order valence-electron chi connectivity index (χ1n) is 2.51. The molecule has 0 radical (unpaired) electrons. The summed E-state index contributed by atoms with van der Waals surface area (Å²) in [4.78, 5) is 0. The molecule has 0 aliphatic rings. The van der Waals surface area contributed by atoms with Crippen LogP contribution >= 0.6 is 18.6 Å². The quantitative estimate of drug-likeness (QED) is 0.524. The molecule has 0 saturated heterocycles. The second-order valence-corrected chi connectivity index (χ2v) is 2.72. The highest BCUT2D eigenvalue weighted by atomic mass is 31.0. The molecule has 2 atom stereocenters. The van der Waals surface area contributed by atoms with Gasteiger partial charge in [-0.1, -0.05) is 16.3 Å². The van der Waals surface area contributed by atoms with Crippen LogP contribution in [-0.4, -0.2) is 23.9 Å². The Morgan fingerprint density at radius 3 is 2.29 bits per heavy atom. The predicted octanol–water partition coefficient (Wildman–Crippen LogP) is 0.973. The van der Waals surface area contributed by atoms with E-state index < -0.39 is 0 Å². The van der Waals surface area contributed by atoms with Crippen molar-refractivity contribution >= 4 is 18.6 Å². The molecule has 1 nitrogen and oxygen atoms in total. The largest absolute Gasteiger partial charge is 0.287 e. The zero-order valence-corrected chi connectivity index (χ0v) is 7.03. The Kier molecular flexibility index (Phi) is 5.55. The summed E-state index contributed by atoms with van der Waals surface area (Å²) < 4.78 is 2.20. The van der Waals surface area contributed by atoms with Crippen molar-refractivity contribution in [2.75, 3.05) is 19.3 Å². The number of rotatable bonds is 3. The molecule has 0 aromatic heterocycles. The van der Waals surface area contributed by atoms with Gasteiger partial charge in [0.15, 0.2) is 0 Å². The molecular weight excluding hydrogens is 124 g/mol. The van der Waals surface area contributed by atoms with Crippen LogP contribution in [0.5, 0.6) is 0 Å². The molecular formula is C4H13NP2. The fraction of sp³-hybridized carbons (Fsp3) is 1.00. The monoisotopic (exact) mass is 137 g/mol. The van der Waals surface area contributed by atoms with Crippen molar-refractivity contribution in [3.63, 3.8) is 0 Å². The third-order valence-electron chi connectivity index (χ3n) is 0.822. The summed E-state index contributed by atoms with van der Waals surface area (Å²) in [6.45, 7) is 4.43. The van der Waals surface area contributed by atoms with Gasteiger partial charge in [-0.3, -0.25) is 4.67 Å². The normalized spacial score (nSPS) is 10.3. The Morgan fingerprint density at radius 1 is 1.57 bits per heavy atom. The van der Waals surface area contributed by atoms with Crippen LogP contribution in [0.2, 0.25) is 0 Å². The lowest BCUT2D eigenvalue weighted by atomic mass is 10.7. The predicted molar refractivity (Wildman–Crippen MR) is 41.5 cm³/mol. The summed E-state index contributed by atoms with van der Waals surface area (Å²) in [5.74, 6) is 0. The summed E-state index contributed by atoms with van der Waals surface area (Å²) in [7, 11) is 5.37. The molecule has 0 aliphatic carbocycles. The molecule has 0 aromatic carbocycles. The molecule has 0 aliphatic heterocycles. The molecule has 3 heteroatoms. The zero-order chi connectivity index (χ0) is 5.70. The molecule has 0 spiro atoms. The minimum atomic E-state index is 1.12. The fourth-order valence-electron chi connectivity index (χ4n) is 0.324. The van der Waals surface area contributed by atoms with Crippen molar-refractivity contribution in [2.24, 2.45) is 0 Å². The van der Waals surface area contributed by atoms with Crippen LogP contribution in [0, 0.1) is 0 Å². The van der Waals surface area contributed by atoms with Crippen LogP contribution < -0.4 is 0 Å². The highest BCUT2D eigenvalue weighted by Crippen LogP contribution is 1.96. The van der Waals surface area contributed by atoms with Gasteiger partial charge >= 0.3 is 0 Å². The highest BCUT2D eigenvalue weighted by molar-refractivity contribution is 7.16. The van der Waals surface area contributed by atoms with Crippen molar-refractivity contribution in [3.8, 4) is 0 Å². The Bertz CT molecular complexity index is 40.7. The minimum absolute atomic E-state index is 1.12. The van der Waals surface area contributed by atoms with Crippen molar-refractivity contribution in [2.45, 2.75) is 6.92 Å². The maximum Gasteiger partial charge on any atom is 0.00507 e. The first kappa shape index (κ1) is 7.82. The molecule has 0 amide bonds. The van der Waals surface area contributed by atoms with E-state index in [2.05, 4.69) is 30.2 Å². The van der Waals surface area contributed by atoms with E-state index in [1.165, 1.54) is 0 Å². The number of hydrogen-bond acceptors (Lipinski definition) is 1. The molecule has 0 aromatic rings. The summed E-state index contributed by atoms with van der Waals surface area (Å²) in [5, 5.41) is 0. The van der Waals surface area contributed by atoms with Gasteiger partial charge in [0.25, 0.3) is 0 Å². The van der Waals surface area contributed by atoms with Crippen molar-refractivity contribution < 1.29 is 0 Å². The number of nitrogens with zero attached hydrogens (tertiary/aromatic N) is 1. The Morgan fingerprint density at radius 2 is 2.14 bits per heavy atom. The molecule has 2 unspecified atom stereocenters. The van der Waals surface area contributed by atoms with Gasteiger partial charge in [-0.05, 0) is 12.7 Å². The third-order valence-corrected chi connectivity index (χ3v) is 1.70. The molecule has 0 bridgehead atoms. The van der Waals surface area contributed by atoms with Crippen LogP contribution in [0.15, 0.2) is 0 Å². The lowest BCUT2D eigenvalue weighted by molar-refractivity contribution is 0.528. The minimum Gasteiger partial charge on any atom is -0.287 e. The number of hydrogen-bond donors (Lipinski definition) is 0.